The highest BCUT2D eigenvalue weighted by Gasteiger charge is 2.25. The smallest absolute Gasteiger partial charge is 0.257 e. The van der Waals surface area contributed by atoms with Crippen LogP contribution in [0.3, 0.4) is 0 Å². The average molecular weight is 354 g/mol. The van der Waals surface area contributed by atoms with Gasteiger partial charge in [0.2, 0.25) is 11.2 Å². The second-order valence-electron chi connectivity index (χ2n) is 6.65. The summed E-state index contributed by atoms with van der Waals surface area (Å²) in [5, 5.41) is 13.2. The first-order valence-electron chi connectivity index (χ1n) is 8.17. The number of nitrogens with one attached hydrogen (secondary N) is 1. The highest BCUT2D eigenvalue weighted by molar-refractivity contribution is 7.80. The van der Waals surface area contributed by atoms with E-state index in [4.69, 9.17) is 16.7 Å². The Labute approximate surface area is 148 Å². The van der Waals surface area contributed by atoms with Crippen LogP contribution in [-0.2, 0) is 4.79 Å². The number of piperazine rings is 1. The summed E-state index contributed by atoms with van der Waals surface area (Å²) in [5.74, 6) is 0.313. The second kappa shape index (κ2) is 7.89. The van der Waals surface area contributed by atoms with Crippen molar-refractivity contribution in [3.63, 3.8) is 0 Å². The highest BCUT2D eigenvalue weighted by atomic mass is 32.1. The fourth-order valence-electron chi connectivity index (χ4n) is 2.40. The molecule has 0 atom stereocenters. The predicted octanol–water partition coefficient (Wildman–Crippen LogP) is 0.731. The number of nitrogens with zero attached hydrogens (tertiary/aromatic N) is 5. The lowest BCUT2D eigenvalue weighted by atomic mass is 9.88. The van der Waals surface area contributed by atoms with Gasteiger partial charge in [-0.15, -0.1) is 12.2 Å². The molecule has 0 unspecified atom stereocenters. The number of carbonyl (C=O) groups excluding carboxylic acids is 1. The maximum atomic E-state index is 11.8. The van der Waals surface area contributed by atoms with Crippen LogP contribution in [0, 0.1) is 5.41 Å². The first-order chi connectivity index (χ1) is 11.3. The molecule has 1 fully saturated rings. The molecule has 1 aromatic heterocycles. The predicted molar refractivity (Wildman–Crippen MR) is 94.8 cm³/mol. The van der Waals surface area contributed by atoms with E-state index in [1.165, 1.54) is 0 Å². The Morgan fingerprint density at radius 3 is 2.75 bits per heavy atom. The van der Waals surface area contributed by atoms with E-state index in [0.717, 1.165) is 26.2 Å². The summed E-state index contributed by atoms with van der Waals surface area (Å²) in [7, 11) is 2.10. The molecule has 1 aromatic rings. The van der Waals surface area contributed by atoms with Gasteiger partial charge in [0.1, 0.15) is 5.88 Å². The van der Waals surface area contributed by atoms with Gasteiger partial charge in [0.15, 0.2) is 0 Å². The van der Waals surface area contributed by atoms with Crippen molar-refractivity contribution in [3.05, 3.63) is 11.5 Å². The Bertz CT molecular complexity index is 580. The Morgan fingerprint density at radius 1 is 1.46 bits per heavy atom. The maximum Gasteiger partial charge on any atom is 0.257 e. The van der Waals surface area contributed by atoms with Gasteiger partial charge in [0, 0.05) is 26.1 Å². The van der Waals surface area contributed by atoms with Crippen LogP contribution in [-0.4, -0.2) is 60.8 Å². The number of hydrogen-bond acceptors (Lipinski definition) is 6. The maximum absolute atomic E-state index is 11.8. The van der Waals surface area contributed by atoms with Crippen LogP contribution in [0.15, 0.2) is 10.7 Å². The molecule has 0 aliphatic carbocycles. The van der Waals surface area contributed by atoms with Crippen molar-refractivity contribution < 1.29 is 14.1 Å². The second-order valence-corrected chi connectivity index (χ2v) is 7.04. The molecular weight excluding hydrogens is 328 g/mol. The third kappa shape index (κ3) is 4.88. The number of aromatic nitrogens is 2. The van der Waals surface area contributed by atoms with E-state index in [0.29, 0.717) is 17.4 Å². The molecule has 0 aromatic carbocycles. The molecule has 8 nitrogen and oxygen atoms in total. The minimum Gasteiger partial charge on any atom is -0.613 e. The highest BCUT2D eigenvalue weighted by Crippen LogP contribution is 2.30. The van der Waals surface area contributed by atoms with E-state index in [1.807, 2.05) is 20.8 Å². The normalized spacial score (nSPS) is 16.1. The van der Waals surface area contributed by atoms with Gasteiger partial charge in [0.05, 0.1) is 17.9 Å². The van der Waals surface area contributed by atoms with E-state index in [-0.39, 0.29) is 12.3 Å². The zero-order valence-corrected chi connectivity index (χ0v) is 15.6. The summed E-state index contributed by atoms with van der Waals surface area (Å²) in [6, 6.07) is 0. The van der Waals surface area contributed by atoms with Crippen LogP contribution < -0.4 is 15.1 Å². The molecule has 24 heavy (non-hydrogen) atoms. The van der Waals surface area contributed by atoms with Crippen LogP contribution >= 0.6 is 12.2 Å². The third-order valence-corrected chi connectivity index (χ3v) is 4.62. The summed E-state index contributed by atoms with van der Waals surface area (Å²) < 4.78 is 5.27. The van der Waals surface area contributed by atoms with Gasteiger partial charge in [-0.3, -0.25) is 4.79 Å². The summed E-state index contributed by atoms with van der Waals surface area (Å²) in [4.78, 5) is 16.2. The minimum absolute atomic E-state index is 0.0369. The van der Waals surface area contributed by atoms with Crippen LogP contribution in [0.25, 0.3) is 5.32 Å². The molecule has 1 aliphatic heterocycles. The Balaban J connectivity index is 1.93. The van der Waals surface area contributed by atoms with Crippen molar-refractivity contribution in [1.82, 2.24) is 15.5 Å². The Morgan fingerprint density at radius 2 is 2.12 bits per heavy atom. The lowest BCUT2D eigenvalue weighted by Crippen LogP contribution is -2.64. The first kappa shape index (κ1) is 18.6. The van der Waals surface area contributed by atoms with Crippen molar-refractivity contribution in [2.24, 2.45) is 5.41 Å². The number of likely N-dealkylation sites (N-methyl/N-ethyl adjacent to an activating group) is 1. The third-order valence-electron chi connectivity index (χ3n) is 3.98. The van der Waals surface area contributed by atoms with Gasteiger partial charge < -0.3 is 20.1 Å². The van der Waals surface area contributed by atoms with Crippen LogP contribution in [0.5, 0.6) is 0 Å². The van der Waals surface area contributed by atoms with E-state index < -0.39 is 5.41 Å². The molecular formula is C15H26N6O2S. The number of thiocarbonyl (C=S) groups is 1. The lowest BCUT2D eigenvalue weighted by Gasteiger charge is -2.33. The quantitative estimate of drug-likeness (QED) is 0.599. The molecule has 9 heteroatoms. The number of amides is 1. The minimum atomic E-state index is -0.528. The van der Waals surface area contributed by atoms with Crippen molar-refractivity contribution in [3.8, 4) is 0 Å². The standard InChI is InChI=1S/C15H26N6O2S/c1-5-16-12(22)10-15(2,3)14(24)17-13-11-21(18-23-13)20-8-6-19(4)7-9-20/h11H,5-10H2,1-4H3,(H-,16,17,18,22,24). The Kier molecular flexibility index (Phi) is 6.11. The molecule has 0 saturated carbocycles. The van der Waals surface area contributed by atoms with E-state index >= 15 is 0 Å². The monoisotopic (exact) mass is 354 g/mol. The SMILES string of the molecule is CCNC(=O)CC(C)(C)C(=S)[N-]c1c[n+](N2CCN(C)CC2)no1. The van der Waals surface area contributed by atoms with Crippen molar-refractivity contribution in [1.29, 1.82) is 0 Å². The fourth-order valence-corrected chi connectivity index (χ4v) is 2.56. The zero-order valence-electron chi connectivity index (χ0n) is 14.8. The topological polar surface area (TPSA) is 79.6 Å². The van der Waals surface area contributed by atoms with E-state index in [9.17, 15) is 4.79 Å². The van der Waals surface area contributed by atoms with Crippen LogP contribution in [0.1, 0.15) is 27.2 Å². The van der Waals surface area contributed by atoms with Gasteiger partial charge in [-0.2, -0.15) is 5.01 Å². The van der Waals surface area contributed by atoms with Gasteiger partial charge in [-0.1, -0.05) is 18.8 Å². The van der Waals surface area contributed by atoms with Gasteiger partial charge in [-0.25, -0.2) is 0 Å². The molecule has 0 spiro atoms. The summed E-state index contributed by atoms with van der Waals surface area (Å²) in [6.07, 6.45) is 2.01. The molecule has 1 amide bonds. The number of rotatable bonds is 6. The molecule has 1 aliphatic rings. The largest absolute Gasteiger partial charge is 0.613 e. The molecule has 0 bridgehead atoms. The van der Waals surface area contributed by atoms with E-state index in [1.54, 1.807) is 11.0 Å². The van der Waals surface area contributed by atoms with Crippen molar-refractivity contribution in [2.75, 3.05) is 44.8 Å². The summed E-state index contributed by atoms with van der Waals surface area (Å²) >= 11 is 5.39. The molecule has 2 rings (SSSR count). The number of hydrogen-bond donors (Lipinski definition) is 1. The van der Waals surface area contributed by atoms with Crippen molar-refractivity contribution >= 4 is 29.0 Å². The van der Waals surface area contributed by atoms with Gasteiger partial charge >= 0.3 is 0 Å². The van der Waals surface area contributed by atoms with Crippen LogP contribution in [0.2, 0.25) is 0 Å². The zero-order chi connectivity index (χ0) is 17.7. The first-order valence-corrected chi connectivity index (χ1v) is 8.58. The van der Waals surface area contributed by atoms with E-state index in [2.05, 4.69) is 32.9 Å². The van der Waals surface area contributed by atoms with Gasteiger partial charge in [0.25, 0.3) is 6.20 Å². The Hall–Kier alpha value is -1.74. The molecule has 134 valence electrons. The molecule has 1 N–H and O–H groups in total. The molecule has 2 heterocycles. The van der Waals surface area contributed by atoms with Crippen molar-refractivity contribution in [2.45, 2.75) is 27.2 Å². The van der Waals surface area contributed by atoms with Crippen LogP contribution in [0.4, 0.5) is 5.88 Å². The summed E-state index contributed by atoms with van der Waals surface area (Å²) in [5.41, 5.74) is -0.528. The van der Waals surface area contributed by atoms with Gasteiger partial charge in [-0.05, 0) is 19.4 Å². The number of carbonyl (C=O) groups is 1. The molecule has 0 radical (unpaired) electrons. The lowest BCUT2D eigenvalue weighted by molar-refractivity contribution is -0.759. The molecule has 1 saturated heterocycles. The summed E-state index contributed by atoms with van der Waals surface area (Å²) in [6.45, 7) is 10.00. The average Bonchev–Trinajstić information content (AvgIpc) is 2.96. The fraction of sp³-hybridized carbons (Fsp3) is 0.733.